The van der Waals surface area contributed by atoms with Crippen LogP contribution in [0, 0.1) is 6.92 Å². The van der Waals surface area contributed by atoms with Gasteiger partial charge in [-0.2, -0.15) is 0 Å². The van der Waals surface area contributed by atoms with Crippen molar-refractivity contribution in [3.05, 3.63) is 54.0 Å². The molecule has 1 aliphatic heterocycles. The highest BCUT2D eigenvalue weighted by Crippen LogP contribution is 2.18. The van der Waals surface area contributed by atoms with Crippen LogP contribution in [0.4, 0.5) is 5.69 Å². The van der Waals surface area contributed by atoms with Gasteiger partial charge >= 0.3 is 0 Å². The molecule has 1 fully saturated rings. The van der Waals surface area contributed by atoms with Gasteiger partial charge in [-0.25, -0.2) is 0 Å². The first-order valence-electron chi connectivity index (χ1n) is 8.53. The average Bonchev–Trinajstić information content (AvgIpc) is 3.16. The highest BCUT2D eigenvalue weighted by molar-refractivity contribution is 5.94. The van der Waals surface area contributed by atoms with Gasteiger partial charge in [0.25, 0.3) is 5.91 Å². The minimum Gasteiger partial charge on any atom is -0.472 e. The number of nitrogens with zero attached hydrogens (tertiary/aromatic N) is 2. The molecule has 0 aliphatic carbocycles. The third kappa shape index (κ3) is 4.41. The van der Waals surface area contributed by atoms with Gasteiger partial charge in [0, 0.05) is 44.8 Å². The van der Waals surface area contributed by atoms with E-state index < -0.39 is 0 Å². The molecular weight excluding hydrogens is 318 g/mol. The van der Waals surface area contributed by atoms with Gasteiger partial charge in [0.15, 0.2) is 0 Å². The van der Waals surface area contributed by atoms with Crippen LogP contribution in [-0.4, -0.2) is 49.4 Å². The summed E-state index contributed by atoms with van der Waals surface area (Å²) in [7, 11) is 0. The van der Waals surface area contributed by atoms with E-state index in [-0.39, 0.29) is 11.8 Å². The Morgan fingerprint density at radius 3 is 2.64 bits per heavy atom. The molecule has 2 heterocycles. The first kappa shape index (κ1) is 17.1. The number of carbonyl (C=O) groups is 2. The number of benzene rings is 1. The standard InChI is InChI=1S/C19H23N3O3/c1-15-3-2-4-17(13-15)21-8-10-22(11-9-21)18(23)5-7-20-19(24)16-6-12-25-14-16/h2-4,6,12-14H,5,7-11H2,1H3,(H,20,24). The molecule has 0 unspecified atom stereocenters. The van der Waals surface area contributed by atoms with Gasteiger partial charge in [0.05, 0.1) is 11.8 Å². The van der Waals surface area contributed by atoms with Crippen LogP contribution in [0.1, 0.15) is 22.3 Å². The molecule has 6 nitrogen and oxygen atoms in total. The van der Waals surface area contributed by atoms with E-state index in [1.165, 1.54) is 23.8 Å². The molecule has 0 radical (unpaired) electrons. The molecule has 1 aromatic heterocycles. The van der Waals surface area contributed by atoms with Gasteiger partial charge in [-0.15, -0.1) is 0 Å². The molecule has 0 atom stereocenters. The number of hydrogen-bond donors (Lipinski definition) is 1. The van der Waals surface area contributed by atoms with E-state index in [0.717, 1.165) is 13.1 Å². The van der Waals surface area contributed by atoms with Gasteiger partial charge in [-0.05, 0) is 30.7 Å². The summed E-state index contributed by atoms with van der Waals surface area (Å²) in [4.78, 5) is 28.3. The van der Waals surface area contributed by atoms with Crippen molar-refractivity contribution in [3.63, 3.8) is 0 Å². The van der Waals surface area contributed by atoms with Crippen molar-refractivity contribution < 1.29 is 14.0 Å². The highest BCUT2D eigenvalue weighted by Gasteiger charge is 2.21. The van der Waals surface area contributed by atoms with Crippen molar-refractivity contribution in [1.82, 2.24) is 10.2 Å². The minimum absolute atomic E-state index is 0.0800. The fraction of sp³-hybridized carbons (Fsp3) is 0.368. The molecule has 132 valence electrons. The lowest BCUT2D eigenvalue weighted by molar-refractivity contribution is -0.131. The van der Waals surface area contributed by atoms with E-state index in [1.807, 2.05) is 4.90 Å². The zero-order chi connectivity index (χ0) is 17.6. The first-order valence-corrected chi connectivity index (χ1v) is 8.53. The second kappa shape index (κ2) is 7.88. The summed E-state index contributed by atoms with van der Waals surface area (Å²) >= 11 is 0. The summed E-state index contributed by atoms with van der Waals surface area (Å²) in [6.45, 7) is 5.50. The molecule has 6 heteroatoms. The Labute approximate surface area is 147 Å². The Kier molecular flexibility index (Phi) is 5.38. The zero-order valence-electron chi connectivity index (χ0n) is 14.4. The second-order valence-corrected chi connectivity index (χ2v) is 6.22. The van der Waals surface area contributed by atoms with Crippen molar-refractivity contribution in [2.24, 2.45) is 0 Å². The molecule has 2 amide bonds. The van der Waals surface area contributed by atoms with Crippen LogP contribution in [0.25, 0.3) is 0 Å². The quantitative estimate of drug-likeness (QED) is 0.904. The lowest BCUT2D eigenvalue weighted by Crippen LogP contribution is -2.49. The van der Waals surface area contributed by atoms with Crippen LogP contribution in [-0.2, 0) is 4.79 Å². The zero-order valence-corrected chi connectivity index (χ0v) is 14.4. The van der Waals surface area contributed by atoms with E-state index in [1.54, 1.807) is 6.07 Å². The van der Waals surface area contributed by atoms with Crippen molar-refractivity contribution in [2.75, 3.05) is 37.6 Å². The summed E-state index contributed by atoms with van der Waals surface area (Å²) in [6.07, 6.45) is 3.16. The van der Waals surface area contributed by atoms with E-state index >= 15 is 0 Å². The summed E-state index contributed by atoms with van der Waals surface area (Å²) < 4.78 is 4.87. The number of rotatable bonds is 5. The maximum atomic E-state index is 12.3. The van der Waals surface area contributed by atoms with Crippen molar-refractivity contribution in [1.29, 1.82) is 0 Å². The Morgan fingerprint density at radius 1 is 1.16 bits per heavy atom. The van der Waals surface area contributed by atoms with Crippen molar-refractivity contribution >= 4 is 17.5 Å². The smallest absolute Gasteiger partial charge is 0.254 e. The Bertz CT molecular complexity index is 719. The normalized spacial score (nSPS) is 14.4. The number of hydrogen-bond acceptors (Lipinski definition) is 4. The molecule has 0 spiro atoms. The molecule has 25 heavy (non-hydrogen) atoms. The van der Waals surface area contributed by atoms with Gasteiger partial charge in [0.2, 0.25) is 5.91 Å². The Morgan fingerprint density at radius 2 is 1.96 bits per heavy atom. The number of nitrogens with one attached hydrogen (secondary N) is 1. The summed E-state index contributed by atoms with van der Waals surface area (Å²) in [5, 5.41) is 2.74. The highest BCUT2D eigenvalue weighted by atomic mass is 16.3. The molecule has 3 rings (SSSR count). The maximum Gasteiger partial charge on any atom is 0.254 e. The minimum atomic E-state index is -0.217. The van der Waals surface area contributed by atoms with Gasteiger partial charge in [-0.3, -0.25) is 9.59 Å². The number of furan rings is 1. The summed E-state index contributed by atoms with van der Waals surface area (Å²) in [5.41, 5.74) is 2.92. The van der Waals surface area contributed by atoms with Crippen molar-refractivity contribution in [2.45, 2.75) is 13.3 Å². The van der Waals surface area contributed by atoms with Crippen LogP contribution in [0.3, 0.4) is 0 Å². The average molecular weight is 341 g/mol. The van der Waals surface area contributed by atoms with Crippen LogP contribution < -0.4 is 10.2 Å². The van der Waals surface area contributed by atoms with E-state index in [9.17, 15) is 9.59 Å². The lowest BCUT2D eigenvalue weighted by Gasteiger charge is -2.36. The first-order chi connectivity index (χ1) is 12.1. The third-order valence-corrected chi connectivity index (χ3v) is 4.41. The van der Waals surface area contributed by atoms with E-state index in [0.29, 0.717) is 31.6 Å². The Balaban J connectivity index is 1.41. The van der Waals surface area contributed by atoms with Crippen LogP contribution in [0.5, 0.6) is 0 Å². The lowest BCUT2D eigenvalue weighted by atomic mass is 10.2. The molecule has 0 bridgehead atoms. The Hall–Kier alpha value is -2.76. The fourth-order valence-electron chi connectivity index (χ4n) is 2.98. The van der Waals surface area contributed by atoms with Crippen LogP contribution >= 0.6 is 0 Å². The molecule has 1 aliphatic rings. The van der Waals surface area contributed by atoms with E-state index in [4.69, 9.17) is 4.42 Å². The monoisotopic (exact) mass is 341 g/mol. The van der Waals surface area contributed by atoms with E-state index in [2.05, 4.69) is 41.4 Å². The molecule has 2 aromatic rings. The molecule has 1 N–H and O–H groups in total. The molecular formula is C19H23N3O3. The number of carbonyl (C=O) groups excluding carboxylic acids is 2. The predicted molar refractivity (Wildman–Crippen MR) is 95.6 cm³/mol. The maximum absolute atomic E-state index is 12.3. The number of piperazine rings is 1. The fourth-order valence-corrected chi connectivity index (χ4v) is 2.98. The molecule has 1 aromatic carbocycles. The number of anilines is 1. The predicted octanol–water partition coefficient (Wildman–Crippen LogP) is 2.06. The van der Waals surface area contributed by atoms with Gasteiger partial charge in [-0.1, -0.05) is 12.1 Å². The third-order valence-electron chi connectivity index (χ3n) is 4.41. The van der Waals surface area contributed by atoms with Crippen molar-refractivity contribution in [3.8, 4) is 0 Å². The second-order valence-electron chi connectivity index (χ2n) is 6.22. The number of aryl methyl sites for hydroxylation is 1. The van der Waals surface area contributed by atoms with Crippen LogP contribution in [0.15, 0.2) is 47.3 Å². The topological polar surface area (TPSA) is 65.8 Å². The van der Waals surface area contributed by atoms with Gasteiger partial charge in [0.1, 0.15) is 6.26 Å². The van der Waals surface area contributed by atoms with Gasteiger partial charge < -0.3 is 19.5 Å². The summed E-state index contributed by atoms with van der Waals surface area (Å²) in [6, 6.07) is 10.0. The largest absolute Gasteiger partial charge is 0.472 e. The molecule has 0 saturated carbocycles. The molecule has 1 saturated heterocycles. The van der Waals surface area contributed by atoms with Crippen LogP contribution in [0.2, 0.25) is 0 Å². The number of amides is 2. The summed E-state index contributed by atoms with van der Waals surface area (Å²) in [5.74, 6) is -0.137. The SMILES string of the molecule is Cc1cccc(N2CCN(C(=O)CCNC(=O)c3ccoc3)CC2)c1.